The van der Waals surface area contributed by atoms with Crippen molar-refractivity contribution >= 4 is 0 Å². The van der Waals surface area contributed by atoms with Crippen molar-refractivity contribution in [1.29, 1.82) is 0 Å². The molecule has 0 saturated carbocycles. The van der Waals surface area contributed by atoms with Crippen LogP contribution in [0.5, 0.6) is 0 Å². The van der Waals surface area contributed by atoms with Crippen molar-refractivity contribution in [3.63, 3.8) is 0 Å². The maximum Gasteiger partial charge on any atom is 0.0694 e. The van der Waals surface area contributed by atoms with Crippen LogP contribution in [0.2, 0.25) is 0 Å². The third-order valence-corrected chi connectivity index (χ3v) is 1.50. The number of hydrogen-bond donors (Lipinski definition) is 0. The lowest BCUT2D eigenvalue weighted by Gasteiger charge is -2.29. The first-order valence-electron chi connectivity index (χ1n) is 2.70. The molecule has 0 aliphatic rings. The molecule has 0 unspecified atom stereocenters. The van der Waals surface area contributed by atoms with Crippen LogP contribution in [0, 0.1) is 0 Å². The van der Waals surface area contributed by atoms with Crippen LogP contribution in [0.25, 0.3) is 0 Å². The molecule has 0 aromatic heterocycles. The Morgan fingerprint density at radius 3 is 0.875 bits per heavy atom. The van der Waals surface area contributed by atoms with E-state index in [1.165, 1.54) is 0 Å². The fourth-order valence-corrected chi connectivity index (χ4v) is 0. The Kier molecular flexibility index (Phi) is 1.69. The van der Waals surface area contributed by atoms with Gasteiger partial charge in [-0.3, -0.25) is 0 Å². The van der Waals surface area contributed by atoms with Crippen LogP contribution in [0.4, 0.5) is 0 Å². The van der Waals surface area contributed by atoms with E-state index < -0.39 is 11.1 Å². The predicted molar refractivity (Wildman–Crippen MR) is 32.4 cm³/mol. The van der Waals surface area contributed by atoms with E-state index in [4.69, 9.17) is 11.5 Å². The normalized spacial score (nSPS) is 14.2. The van der Waals surface area contributed by atoms with Crippen LogP contribution in [-0.2, 0) is 0 Å². The zero-order chi connectivity index (χ0) is 7.00. The van der Waals surface area contributed by atoms with Gasteiger partial charge in [0, 0.05) is 0 Å². The maximum absolute atomic E-state index is 9.10. The molecule has 0 aliphatic heterocycles. The molecule has 0 bridgehead atoms. The van der Waals surface area contributed by atoms with E-state index in [9.17, 15) is 0 Å². The summed E-state index contributed by atoms with van der Waals surface area (Å²) in [6.07, 6.45) is 0. The standard InChI is InChI=1S/C6H12N2/c1-5(2,7)6(3,4)8/h1-4H3. The molecule has 46 valence electrons. The lowest BCUT2D eigenvalue weighted by molar-refractivity contribution is 0.288. The van der Waals surface area contributed by atoms with Crippen molar-refractivity contribution in [3.8, 4) is 0 Å². The summed E-state index contributed by atoms with van der Waals surface area (Å²) in [5, 5.41) is 0. The first-order chi connectivity index (χ1) is 3.25. The Labute approximate surface area is 51.2 Å². The van der Waals surface area contributed by atoms with Gasteiger partial charge in [0.25, 0.3) is 0 Å². The average Bonchev–Trinajstić information content (AvgIpc) is 1.25. The highest BCUT2D eigenvalue weighted by Gasteiger charge is 2.33. The second-order valence-electron chi connectivity index (χ2n) is 3.12. The van der Waals surface area contributed by atoms with Crippen molar-refractivity contribution in [1.82, 2.24) is 11.5 Å². The summed E-state index contributed by atoms with van der Waals surface area (Å²) in [6, 6.07) is 0. The van der Waals surface area contributed by atoms with E-state index in [1.54, 1.807) is 27.7 Å². The molecule has 8 heavy (non-hydrogen) atoms. The van der Waals surface area contributed by atoms with Gasteiger partial charge >= 0.3 is 0 Å². The monoisotopic (exact) mass is 112 g/mol. The minimum absolute atomic E-state index is 1.01. The summed E-state index contributed by atoms with van der Waals surface area (Å²) in [6.45, 7) is 6.31. The van der Waals surface area contributed by atoms with Crippen molar-refractivity contribution in [3.05, 3.63) is 0 Å². The van der Waals surface area contributed by atoms with Gasteiger partial charge in [0.15, 0.2) is 0 Å². The summed E-state index contributed by atoms with van der Waals surface area (Å²) in [4.78, 5) is 0. The van der Waals surface area contributed by atoms with Crippen LogP contribution in [-0.4, -0.2) is 11.1 Å². The summed E-state index contributed by atoms with van der Waals surface area (Å²) < 4.78 is 0. The highest BCUT2D eigenvalue weighted by atomic mass is 14.9. The summed E-state index contributed by atoms with van der Waals surface area (Å²) in [5.74, 6) is 0. The Balaban J connectivity index is 4.02. The number of hydrogen-bond acceptors (Lipinski definition) is 0. The van der Waals surface area contributed by atoms with Gasteiger partial charge in [-0.1, -0.05) is 0 Å². The fraction of sp³-hybridized carbons (Fsp3) is 1.00. The van der Waals surface area contributed by atoms with Gasteiger partial charge in [0.05, 0.1) is 11.1 Å². The number of rotatable bonds is 1. The van der Waals surface area contributed by atoms with E-state index in [1.807, 2.05) is 0 Å². The molecular weight excluding hydrogens is 100 g/mol. The van der Waals surface area contributed by atoms with E-state index in [-0.39, 0.29) is 0 Å². The van der Waals surface area contributed by atoms with Crippen molar-refractivity contribution in [2.45, 2.75) is 38.8 Å². The summed E-state index contributed by atoms with van der Waals surface area (Å²) >= 11 is 0. The summed E-state index contributed by atoms with van der Waals surface area (Å²) in [7, 11) is 0. The predicted octanol–water partition coefficient (Wildman–Crippen LogP) is 0.681. The van der Waals surface area contributed by atoms with E-state index in [0.717, 1.165) is 0 Å². The molecular formula is C6H12N2. The first kappa shape index (κ1) is 7.92. The molecule has 2 nitrogen and oxygen atoms in total. The second-order valence-corrected chi connectivity index (χ2v) is 3.12. The Bertz CT molecular complexity index is 61.5. The Morgan fingerprint density at radius 2 is 0.875 bits per heavy atom. The molecule has 0 aromatic rings. The lowest BCUT2D eigenvalue weighted by atomic mass is 9.85. The summed E-state index contributed by atoms with van der Waals surface area (Å²) in [5.41, 5.74) is 16.2. The molecule has 0 heterocycles. The lowest BCUT2D eigenvalue weighted by Crippen LogP contribution is -2.47. The van der Waals surface area contributed by atoms with Gasteiger partial charge in [-0.15, -0.1) is 11.5 Å². The molecule has 0 atom stereocenters. The van der Waals surface area contributed by atoms with Gasteiger partial charge in [-0.05, 0) is 27.7 Å². The van der Waals surface area contributed by atoms with E-state index >= 15 is 0 Å². The minimum Gasteiger partial charge on any atom is -0.136 e. The zero-order valence-electron chi connectivity index (χ0n) is 5.89. The second kappa shape index (κ2) is 1.71. The molecule has 0 N–H and O–H groups in total. The molecule has 2 heteroatoms. The van der Waals surface area contributed by atoms with Crippen LogP contribution in [0.15, 0.2) is 0 Å². The fourth-order valence-electron chi connectivity index (χ4n) is 0. The Hall–Kier alpha value is -0.0800. The third-order valence-electron chi connectivity index (χ3n) is 1.50. The zero-order valence-corrected chi connectivity index (χ0v) is 5.89. The van der Waals surface area contributed by atoms with Gasteiger partial charge in [0.1, 0.15) is 0 Å². The first-order valence-corrected chi connectivity index (χ1v) is 2.70. The van der Waals surface area contributed by atoms with Crippen LogP contribution in [0.1, 0.15) is 27.7 Å². The van der Waals surface area contributed by atoms with Gasteiger partial charge in [-0.25, -0.2) is 0 Å². The average molecular weight is 112 g/mol. The molecule has 0 aromatic carbocycles. The smallest absolute Gasteiger partial charge is 0.0694 e. The van der Waals surface area contributed by atoms with Crippen LogP contribution < -0.4 is 11.5 Å². The van der Waals surface area contributed by atoms with Crippen molar-refractivity contribution in [2.75, 3.05) is 0 Å². The third kappa shape index (κ3) is 1.80. The molecule has 0 rings (SSSR count). The maximum atomic E-state index is 9.10. The van der Waals surface area contributed by atoms with Gasteiger partial charge in [0.2, 0.25) is 0 Å². The molecule has 0 aliphatic carbocycles. The minimum atomic E-state index is -1.01. The topological polar surface area (TPSA) is 44.6 Å². The Morgan fingerprint density at radius 1 is 0.750 bits per heavy atom. The SMILES string of the molecule is CC(C)([N])C(C)(C)[N]. The van der Waals surface area contributed by atoms with Gasteiger partial charge in [-0.2, -0.15) is 0 Å². The van der Waals surface area contributed by atoms with Crippen LogP contribution in [0.3, 0.4) is 0 Å². The molecule has 0 fully saturated rings. The molecule has 0 saturated heterocycles. The highest BCUT2D eigenvalue weighted by Crippen LogP contribution is 2.17. The quantitative estimate of drug-likeness (QED) is 0.479. The van der Waals surface area contributed by atoms with Crippen molar-refractivity contribution in [2.24, 2.45) is 0 Å². The number of nitrogens with zero attached hydrogens (tertiary/aromatic N) is 2. The molecule has 0 amide bonds. The van der Waals surface area contributed by atoms with Crippen LogP contribution >= 0.6 is 0 Å². The molecule has 4 radical (unpaired) electrons. The largest absolute Gasteiger partial charge is 0.136 e. The van der Waals surface area contributed by atoms with E-state index in [2.05, 4.69) is 0 Å². The van der Waals surface area contributed by atoms with Gasteiger partial charge < -0.3 is 0 Å². The highest BCUT2D eigenvalue weighted by molar-refractivity contribution is 4.92. The van der Waals surface area contributed by atoms with Crippen molar-refractivity contribution < 1.29 is 0 Å². The molecule has 0 spiro atoms. The van der Waals surface area contributed by atoms with E-state index in [0.29, 0.717) is 0 Å².